The molecule has 0 aromatic heterocycles. The molecule has 70 valence electrons. The summed E-state index contributed by atoms with van der Waals surface area (Å²) in [5.41, 5.74) is 0. The zero-order chi connectivity index (χ0) is 9.03. The van der Waals surface area contributed by atoms with Crippen LogP contribution in [0.1, 0.15) is 20.3 Å². The summed E-state index contributed by atoms with van der Waals surface area (Å²) >= 11 is 0. The van der Waals surface area contributed by atoms with Crippen LogP contribution in [0, 0.1) is 0 Å². The summed E-state index contributed by atoms with van der Waals surface area (Å²) in [6, 6.07) is 0.762. The second kappa shape index (κ2) is 4.06. The van der Waals surface area contributed by atoms with E-state index in [1.54, 1.807) is 0 Å². The average Bonchev–Trinajstić information content (AvgIpc) is 2.62. The van der Waals surface area contributed by atoms with E-state index < -0.39 is 0 Å². The average molecular weight is 169 g/mol. The van der Waals surface area contributed by atoms with Gasteiger partial charge in [-0.05, 0) is 20.4 Å². The third-order valence-electron chi connectivity index (χ3n) is 3.30. The Hall–Kier alpha value is -0.340. The first-order valence-electron chi connectivity index (χ1n) is 4.99. The Morgan fingerprint density at radius 1 is 1.50 bits per heavy atom. The number of likely N-dealkylation sites (N-methyl/N-ethyl adjacent to an activating group) is 1. The van der Waals surface area contributed by atoms with E-state index in [4.69, 9.17) is 0 Å². The Kier molecular flexibility index (Phi) is 3.29. The molecule has 1 atom stereocenters. The van der Waals surface area contributed by atoms with Crippen LogP contribution in [-0.4, -0.2) is 36.7 Å². The van der Waals surface area contributed by atoms with Crippen LogP contribution >= 0.6 is 0 Å². The van der Waals surface area contributed by atoms with Crippen molar-refractivity contribution in [3.8, 4) is 0 Å². The fourth-order valence-corrected chi connectivity index (χ4v) is 2.23. The number of nitrogens with zero attached hydrogens (tertiary/aromatic N) is 1. The van der Waals surface area contributed by atoms with Crippen molar-refractivity contribution in [3.63, 3.8) is 0 Å². The van der Waals surface area contributed by atoms with Gasteiger partial charge in [-0.25, -0.2) is 0 Å². The predicted molar refractivity (Wildman–Crippen MR) is 52.8 cm³/mol. The Morgan fingerprint density at radius 2 is 2.17 bits per heavy atom. The maximum Gasteiger partial charge on any atom is 0.107 e. The van der Waals surface area contributed by atoms with Crippen LogP contribution in [0.3, 0.4) is 0 Å². The molecule has 1 rings (SSSR count). The fourth-order valence-electron chi connectivity index (χ4n) is 2.23. The molecule has 1 saturated heterocycles. The van der Waals surface area contributed by atoms with Crippen LogP contribution in [-0.2, 0) is 0 Å². The summed E-state index contributed by atoms with van der Waals surface area (Å²) < 4.78 is 1.08. The Labute approximate surface area is 75.8 Å². The van der Waals surface area contributed by atoms with Crippen molar-refractivity contribution >= 4 is 0 Å². The standard InChI is InChI=1S/C10H21N2/c1-4-12(5-2,6-3)10-7-8-11-9-10/h4,10-11H,1,5-9H2,2-3H3/q+1. The van der Waals surface area contributed by atoms with E-state index in [2.05, 4.69) is 31.9 Å². The van der Waals surface area contributed by atoms with Crippen LogP contribution in [0.2, 0.25) is 0 Å². The van der Waals surface area contributed by atoms with Gasteiger partial charge in [0.1, 0.15) is 6.04 Å². The van der Waals surface area contributed by atoms with E-state index in [0.29, 0.717) is 0 Å². The maximum absolute atomic E-state index is 3.96. The Morgan fingerprint density at radius 3 is 2.50 bits per heavy atom. The molecular formula is C10H21N2+. The number of nitrogens with one attached hydrogen (secondary N) is 1. The largest absolute Gasteiger partial charge is 0.311 e. The van der Waals surface area contributed by atoms with Crippen molar-refractivity contribution in [1.29, 1.82) is 0 Å². The first-order valence-corrected chi connectivity index (χ1v) is 4.99. The molecule has 1 aliphatic heterocycles. The van der Waals surface area contributed by atoms with Crippen molar-refractivity contribution in [1.82, 2.24) is 5.32 Å². The highest BCUT2D eigenvalue weighted by atomic mass is 15.4. The molecule has 1 aliphatic rings. The minimum atomic E-state index is 0.762. The van der Waals surface area contributed by atoms with Crippen molar-refractivity contribution in [2.75, 3.05) is 26.2 Å². The normalized spacial score (nSPS) is 24.3. The molecule has 2 nitrogen and oxygen atoms in total. The maximum atomic E-state index is 3.96. The molecule has 1 unspecified atom stereocenters. The third kappa shape index (κ3) is 1.54. The molecule has 0 spiro atoms. The van der Waals surface area contributed by atoms with Gasteiger partial charge >= 0.3 is 0 Å². The SMILES string of the molecule is C=C[N+](CC)(CC)C1CCNC1. The molecule has 1 heterocycles. The fraction of sp³-hybridized carbons (Fsp3) is 0.800. The zero-order valence-electron chi connectivity index (χ0n) is 8.34. The van der Waals surface area contributed by atoms with Gasteiger partial charge in [0.2, 0.25) is 0 Å². The van der Waals surface area contributed by atoms with Gasteiger partial charge in [0.25, 0.3) is 0 Å². The molecule has 0 aromatic rings. The summed E-state index contributed by atoms with van der Waals surface area (Å²) in [5.74, 6) is 0. The number of hydrogen-bond donors (Lipinski definition) is 1. The predicted octanol–water partition coefficient (Wildman–Crippen LogP) is 1.35. The Balaban J connectivity index is 2.68. The third-order valence-corrected chi connectivity index (χ3v) is 3.30. The minimum absolute atomic E-state index is 0.762. The molecule has 0 amide bonds. The molecule has 1 N–H and O–H groups in total. The Bertz CT molecular complexity index is 144. The van der Waals surface area contributed by atoms with Crippen LogP contribution in [0.5, 0.6) is 0 Å². The van der Waals surface area contributed by atoms with E-state index in [-0.39, 0.29) is 0 Å². The lowest BCUT2D eigenvalue weighted by molar-refractivity contribution is -0.898. The summed E-state index contributed by atoms with van der Waals surface area (Å²) in [6.07, 6.45) is 3.42. The van der Waals surface area contributed by atoms with E-state index in [1.165, 1.54) is 26.1 Å². The van der Waals surface area contributed by atoms with Crippen LogP contribution in [0.15, 0.2) is 12.8 Å². The van der Waals surface area contributed by atoms with Crippen LogP contribution in [0.4, 0.5) is 0 Å². The lowest BCUT2D eigenvalue weighted by Gasteiger charge is -2.38. The number of quaternary nitrogens is 1. The summed E-state index contributed by atoms with van der Waals surface area (Å²) in [5, 5.41) is 3.42. The summed E-state index contributed by atoms with van der Waals surface area (Å²) in [4.78, 5) is 0. The minimum Gasteiger partial charge on any atom is -0.311 e. The lowest BCUT2D eigenvalue weighted by atomic mass is 10.1. The second-order valence-electron chi connectivity index (χ2n) is 3.56. The zero-order valence-corrected chi connectivity index (χ0v) is 8.34. The van der Waals surface area contributed by atoms with Crippen LogP contribution in [0.25, 0.3) is 0 Å². The van der Waals surface area contributed by atoms with Gasteiger partial charge in [0.15, 0.2) is 0 Å². The van der Waals surface area contributed by atoms with E-state index in [1.807, 2.05) is 0 Å². The van der Waals surface area contributed by atoms with Crippen molar-refractivity contribution < 1.29 is 4.48 Å². The first kappa shape index (κ1) is 9.75. The molecule has 0 saturated carbocycles. The van der Waals surface area contributed by atoms with Crippen molar-refractivity contribution in [2.24, 2.45) is 0 Å². The van der Waals surface area contributed by atoms with E-state index in [0.717, 1.165) is 17.1 Å². The highest BCUT2D eigenvalue weighted by Gasteiger charge is 2.33. The van der Waals surface area contributed by atoms with Crippen molar-refractivity contribution in [2.45, 2.75) is 26.3 Å². The molecule has 0 radical (unpaired) electrons. The second-order valence-corrected chi connectivity index (χ2v) is 3.56. The van der Waals surface area contributed by atoms with Crippen molar-refractivity contribution in [3.05, 3.63) is 12.8 Å². The molecule has 12 heavy (non-hydrogen) atoms. The van der Waals surface area contributed by atoms with E-state index in [9.17, 15) is 0 Å². The molecule has 1 fully saturated rings. The monoisotopic (exact) mass is 169 g/mol. The molecule has 0 aliphatic carbocycles. The molecule has 0 aromatic carbocycles. The molecule has 0 bridgehead atoms. The van der Waals surface area contributed by atoms with Gasteiger partial charge in [-0.3, -0.25) is 4.48 Å². The first-order chi connectivity index (χ1) is 5.79. The molecular weight excluding hydrogens is 148 g/mol. The smallest absolute Gasteiger partial charge is 0.107 e. The summed E-state index contributed by atoms with van der Waals surface area (Å²) in [6.45, 7) is 13.2. The lowest BCUT2D eigenvalue weighted by Crippen LogP contribution is -2.51. The topological polar surface area (TPSA) is 12.0 Å². The number of hydrogen-bond acceptors (Lipinski definition) is 1. The quantitative estimate of drug-likeness (QED) is 0.626. The van der Waals surface area contributed by atoms with Gasteiger partial charge in [0, 0.05) is 19.5 Å². The number of rotatable bonds is 4. The van der Waals surface area contributed by atoms with Gasteiger partial charge in [-0.1, -0.05) is 0 Å². The van der Waals surface area contributed by atoms with E-state index >= 15 is 0 Å². The highest BCUT2D eigenvalue weighted by Crippen LogP contribution is 2.19. The van der Waals surface area contributed by atoms with Gasteiger partial charge in [-0.2, -0.15) is 0 Å². The van der Waals surface area contributed by atoms with Gasteiger partial charge in [-0.15, -0.1) is 0 Å². The van der Waals surface area contributed by atoms with Gasteiger partial charge < -0.3 is 5.32 Å². The van der Waals surface area contributed by atoms with Gasteiger partial charge in [0.05, 0.1) is 19.3 Å². The summed E-state index contributed by atoms with van der Waals surface area (Å²) in [7, 11) is 0. The highest BCUT2D eigenvalue weighted by molar-refractivity contribution is 4.75. The molecule has 2 heteroatoms. The van der Waals surface area contributed by atoms with Crippen LogP contribution < -0.4 is 5.32 Å².